The van der Waals surface area contributed by atoms with Crippen LogP contribution in [0.5, 0.6) is 0 Å². The predicted octanol–water partition coefficient (Wildman–Crippen LogP) is 3.04. The number of benzene rings is 1. The summed E-state index contributed by atoms with van der Waals surface area (Å²) < 4.78 is 13.4. The van der Waals surface area contributed by atoms with Gasteiger partial charge in [-0.1, -0.05) is 12.1 Å². The molecule has 0 bridgehead atoms. The molecule has 0 heterocycles. The van der Waals surface area contributed by atoms with E-state index in [9.17, 15) is 9.18 Å². The molecule has 0 aliphatic carbocycles. The van der Waals surface area contributed by atoms with Crippen molar-refractivity contribution in [3.05, 3.63) is 35.1 Å². The molecule has 0 fully saturated rings. The quantitative estimate of drug-likeness (QED) is 0.734. The molecule has 0 aromatic heterocycles. The van der Waals surface area contributed by atoms with E-state index in [4.69, 9.17) is 5.11 Å². The van der Waals surface area contributed by atoms with E-state index in [1.807, 2.05) is 13.0 Å². The summed E-state index contributed by atoms with van der Waals surface area (Å²) in [6.07, 6.45) is 1.68. The fourth-order valence-electron chi connectivity index (χ4n) is 1.72. The van der Waals surface area contributed by atoms with Crippen molar-refractivity contribution < 1.29 is 14.3 Å². The van der Waals surface area contributed by atoms with Crippen LogP contribution >= 0.6 is 0 Å². The molecule has 0 aliphatic rings. The van der Waals surface area contributed by atoms with E-state index >= 15 is 0 Å². The lowest BCUT2D eigenvalue weighted by molar-refractivity contribution is -0.137. The molecule has 0 radical (unpaired) electrons. The molecule has 4 heteroatoms. The van der Waals surface area contributed by atoms with Gasteiger partial charge in [0.25, 0.3) is 0 Å². The minimum Gasteiger partial charge on any atom is -0.481 e. The molecule has 2 N–H and O–H groups in total. The first-order chi connectivity index (χ1) is 8.50. The topological polar surface area (TPSA) is 49.3 Å². The van der Waals surface area contributed by atoms with Gasteiger partial charge in [0.05, 0.1) is 0 Å². The Bertz CT molecular complexity index is 407. The van der Waals surface area contributed by atoms with Gasteiger partial charge in [-0.3, -0.25) is 4.79 Å². The highest BCUT2D eigenvalue weighted by Gasteiger charge is 2.07. The number of nitrogens with one attached hydrogen (secondary N) is 1. The molecule has 0 spiro atoms. The van der Waals surface area contributed by atoms with Gasteiger partial charge in [-0.25, -0.2) is 4.39 Å². The number of rotatable bonds is 7. The van der Waals surface area contributed by atoms with Gasteiger partial charge in [-0.2, -0.15) is 0 Å². The van der Waals surface area contributed by atoms with Crippen LogP contribution in [0, 0.1) is 12.7 Å². The molecule has 1 aromatic carbocycles. The number of hydrogen-bond donors (Lipinski definition) is 2. The molecule has 1 atom stereocenters. The van der Waals surface area contributed by atoms with E-state index in [2.05, 4.69) is 5.32 Å². The van der Waals surface area contributed by atoms with Gasteiger partial charge in [0.1, 0.15) is 5.82 Å². The van der Waals surface area contributed by atoms with E-state index in [1.54, 1.807) is 19.1 Å². The first-order valence-corrected chi connectivity index (χ1v) is 6.22. The van der Waals surface area contributed by atoms with Crippen LogP contribution < -0.4 is 5.32 Å². The zero-order valence-corrected chi connectivity index (χ0v) is 10.9. The van der Waals surface area contributed by atoms with Crippen molar-refractivity contribution >= 4 is 5.97 Å². The van der Waals surface area contributed by atoms with Crippen LogP contribution in [-0.4, -0.2) is 17.6 Å². The predicted molar refractivity (Wildman–Crippen MR) is 69.0 cm³/mol. The summed E-state index contributed by atoms with van der Waals surface area (Å²) >= 11 is 0. The van der Waals surface area contributed by atoms with Crippen LogP contribution in [0.1, 0.15) is 43.4 Å². The van der Waals surface area contributed by atoms with Crippen molar-refractivity contribution in [1.29, 1.82) is 0 Å². The molecule has 0 saturated carbocycles. The van der Waals surface area contributed by atoms with Gasteiger partial charge in [-0.05, 0) is 50.4 Å². The molecule has 1 unspecified atom stereocenters. The normalized spacial score (nSPS) is 12.4. The molecule has 0 aliphatic heterocycles. The zero-order valence-electron chi connectivity index (χ0n) is 10.9. The van der Waals surface area contributed by atoms with Crippen LogP contribution in [0.3, 0.4) is 0 Å². The first kappa shape index (κ1) is 14.6. The highest BCUT2D eigenvalue weighted by Crippen LogP contribution is 2.16. The van der Waals surface area contributed by atoms with Crippen LogP contribution in [-0.2, 0) is 4.79 Å². The van der Waals surface area contributed by atoms with E-state index in [1.165, 1.54) is 0 Å². The smallest absolute Gasteiger partial charge is 0.303 e. The highest BCUT2D eigenvalue weighted by atomic mass is 19.1. The fraction of sp³-hybridized carbons (Fsp3) is 0.500. The fourth-order valence-corrected chi connectivity index (χ4v) is 1.72. The van der Waals surface area contributed by atoms with E-state index < -0.39 is 5.97 Å². The number of unbranched alkanes of at least 4 members (excludes halogenated alkanes) is 1. The van der Waals surface area contributed by atoms with Crippen LogP contribution in [0.4, 0.5) is 4.39 Å². The van der Waals surface area contributed by atoms with Gasteiger partial charge >= 0.3 is 5.97 Å². The number of carbonyl (C=O) groups is 1. The van der Waals surface area contributed by atoms with Gasteiger partial charge in [0.15, 0.2) is 0 Å². The van der Waals surface area contributed by atoms with Crippen molar-refractivity contribution in [1.82, 2.24) is 5.32 Å². The summed E-state index contributed by atoms with van der Waals surface area (Å²) in [6, 6.07) is 5.30. The Kier molecular flexibility index (Phi) is 5.78. The average molecular weight is 253 g/mol. The molecule has 1 aromatic rings. The zero-order chi connectivity index (χ0) is 13.5. The van der Waals surface area contributed by atoms with Crippen molar-refractivity contribution in [2.24, 2.45) is 0 Å². The minimum atomic E-state index is -0.761. The van der Waals surface area contributed by atoms with E-state index in [0.29, 0.717) is 12.0 Å². The molecule has 3 nitrogen and oxygen atoms in total. The second-order valence-electron chi connectivity index (χ2n) is 4.54. The first-order valence-electron chi connectivity index (χ1n) is 6.22. The van der Waals surface area contributed by atoms with Crippen molar-refractivity contribution in [3.8, 4) is 0 Å². The Hall–Kier alpha value is -1.42. The maximum atomic E-state index is 13.4. The lowest BCUT2D eigenvalue weighted by Crippen LogP contribution is -2.20. The third kappa shape index (κ3) is 4.84. The molecular formula is C14H20FNO2. The van der Waals surface area contributed by atoms with E-state index in [0.717, 1.165) is 18.5 Å². The highest BCUT2D eigenvalue weighted by molar-refractivity contribution is 5.66. The third-order valence-corrected chi connectivity index (χ3v) is 2.96. The maximum absolute atomic E-state index is 13.4. The van der Waals surface area contributed by atoms with Crippen LogP contribution in [0.15, 0.2) is 18.2 Å². The second kappa shape index (κ2) is 7.11. The lowest BCUT2D eigenvalue weighted by Gasteiger charge is -2.14. The van der Waals surface area contributed by atoms with Gasteiger partial charge in [-0.15, -0.1) is 0 Å². The number of carboxylic acids is 1. The van der Waals surface area contributed by atoms with Crippen LogP contribution in [0.25, 0.3) is 0 Å². The maximum Gasteiger partial charge on any atom is 0.303 e. The van der Waals surface area contributed by atoms with Crippen molar-refractivity contribution in [2.45, 2.75) is 39.2 Å². The van der Waals surface area contributed by atoms with Gasteiger partial charge in [0, 0.05) is 12.5 Å². The monoisotopic (exact) mass is 253 g/mol. The Labute approximate surface area is 107 Å². The average Bonchev–Trinajstić information content (AvgIpc) is 2.31. The minimum absolute atomic E-state index is 0.0740. The SMILES string of the molecule is Cc1ccc(C(C)NCCCCC(=O)O)cc1F. The number of carboxylic acid groups (broad SMARTS) is 1. The molecule has 1 rings (SSSR count). The summed E-state index contributed by atoms with van der Waals surface area (Å²) in [4.78, 5) is 10.3. The largest absolute Gasteiger partial charge is 0.481 e. The third-order valence-electron chi connectivity index (χ3n) is 2.96. The van der Waals surface area contributed by atoms with Crippen molar-refractivity contribution in [2.75, 3.05) is 6.54 Å². The molecule has 18 heavy (non-hydrogen) atoms. The summed E-state index contributed by atoms with van der Waals surface area (Å²) in [5.74, 6) is -0.948. The lowest BCUT2D eigenvalue weighted by atomic mass is 10.1. The van der Waals surface area contributed by atoms with Crippen molar-refractivity contribution in [3.63, 3.8) is 0 Å². The number of aliphatic carboxylic acids is 1. The van der Waals surface area contributed by atoms with E-state index in [-0.39, 0.29) is 18.3 Å². The van der Waals surface area contributed by atoms with Gasteiger partial charge in [0.2, 0.25) is 0 Å². The number of hydrogen-bond acceptors (Lipinski definition) is 2. The van der Waals surface area contributed by atoms with Crippen LogP contribution in [0.2, 0.25) is 0 Å². The summed E-state index contributed by atoms with van der Waals surface area (Å²) in [7, 11) is 0. The Balaban J connectivity index is 2.34. The Morgan fingerprint density at radius 1 is 1.44 bits per heavy atom. The second-order valence-corrected chi connectivity index (χ2v) is 4.54. The molecule has 0 amide bonds. The Morgan fingerprint density at radius 2 is 2.17 bits per heavy atom. The summed E-state index contributed by atoms with van der Waals surface area (Å²) in [5, 5.41) is 11.8. The standard InChI is InChI=1S/C14H20FNO2/c1-10-6-7-12(9-13(10)15)11(2)16-8-4-3-5-14(17)18/h6-7,9,11,16H,3-5,8H2,1-2H3,(H,17,18). The number of aryl methyl sites for hydroxylation is 1. The molecule has 100 valence electrons. The Morgan fingerprint density at radius 3 is 2.78 bits per heavy atom. The van der Waals surface area contributed by atoms with Gasteiger partial charge < -0.3 is 10.4 Å². The summed E-state index contributed by atoms with van der Waals surface area (Å²) in [6.45, 7) is 4.45. The molecule has 0 saturated heterocycles. The number of halogens is 1. The molecular weight excluding hydrogens is 233 g/mol. The summed E-state index contributed by atoms with van der Waals surface area (Å²) in [5.41, 5.74) is 1.56.